The number of rotatable bonds is 4. The van der Waals surface area contributed by atoms with Crippen molar-refractivity contribution in [3.8, 4) is 11.8 Å². The standard InChI is InChI=1S/C22H23BrNO.BrH/c23-22-12-10-21(11-13-22)9-5-15-24(16-18-25-19-17-24)14-4-8-20-6-2-1-3-7-20;/h1-4,6-8,10-13H,14-19H2;1H/q+1;/p-1. The lowest BCUT2D eigenvalue weighted by molar-refractivity contribution is -0.923. The van der Waals surface area contributed by atoms with Gasteiger partial charge in [-0.2, -0.15) is 0 Å². The SMILES string of the molecule is Brc1ccc(C#CC[N+]2(CC=Cc3ccccc3)CCOCC2)cc1.[Br-]. The highest BCUT2D eigenvalue weighted by Gasteiger charge is 2.28. The van der Waals surface area contributed by atoms with Crippen LogP contribution in [0.1, 0.15) is 11.1 Å². The fourth-order valence-electron chi connectivity index (χ4n) is 2.95. The van der Waals surface area contributed by atoms with Crippen LogP contribution in [0.15, 0.2) is 65.1 Å². The molecule has 0 aliphatic carbocycles. The minimum Gasteiger partial charge on any atom is -1.00 e. The Morgan fingerprint density at radius 3 is 2.38 bits per heavy atom. The summed E-state index contributed by atoms with van der Waals surface area (Å²) in [7, 11) is 0. The number of ether oxygens (including phenoxy) is 1. The van der Waals surface area contributed by atoms with Crippen LogP contribution in [0.3, 0.4) is 0 Å². The normalized spacial score (nSPS) is 15.7. The summed E-state index contributed by atoms with van der Waals surface area (Å²) in [4.78, 5) is 0. The van der Waals surface area contributed by atoms with Crippen molar-refractivity contribution in [3.63, 3.8) is 0 Å². The molecule has 0 N–H and O–H groups in total. The first-order valence-corrected chi connectivity index (χ1v) is 9.44. The minimum atomic E-state index is 0. The minimum absolute atomic E-state index is 0. The van der Waals surface area contributed by atoms with E-state index in [0.717, 1.165) is 53.9 Å². The molecule has 2 aromatic rings. The number of morpholine rings is 1. The lowest BCUT2D eigenvalue weighted by Gasteiger charge is -2.39. The van der Waals surface area contributed by atoms with E-state index in [1.54, 1.807) is 0 Å². The molecule has 0 atom stereocenters. The Hall–Kier alpha value is -1.38. The molecule has 2 aromatic carbocycles. The Morgan fingerprint density at radius 2 is 1.69 bits per heavy atom. The van der Waals surface area contributed by atoms with E-state index < -0.39 is 0 Å². The van der Waals surface area contributed by atoms with Crippen LogP contribution in [0.25, 0.3) is 6.08 Å². The quantitative estimate of drug-likeness (QED) is 0.478. The average Bonchev–Trinajstić information content (AvgIpc) is 2.65. The van der Waals surface area contributed by atoms with E-state index in [1.165, 1.54) is 5.56 Å². The molecule has 1 heterocycles. The predicted molar refractivity (Wildman–Crippen MR) is 107 cm³/mol. The molecule has 1 aliphatic heterocycles. The Morgan fingerprint density at radius 1 is 1.00 bits per heavy atom. The summed E-state index contributed by atoms with van der Waals surface area (Å²) >= 11 is 3.46. The van der Waals surface area contributed by atoms with Crippen LogP contribution in [0.4, 0.5) is 0 Å². The Bertz CT molecular complexity index is 754. The molecule has 0 aromatic heterocycles. The molecule has 4 heteroatoms. The van der Waals surface area contributed by atoms with Crippen molar-refractivity contribution < 1.29 is 26.2 Å². The van der Waals surface area contributed by atoms with Gasteiger partial charge in [-0.15, -0.1) is 0 Å². The summed E-state index contributed by atoms with van der Waals surface area (Å²) in [6, 6.07) is 18.6. The predicted octanol–water partition coefficient (Wildman–Crippen LogP) is 1.36. The maximum Gasteiger partial charge on any atom is 0.141 e. The highest BCUT2D eigenvalue weighted by Crippen LogP contribution is 2.13. The Balaban J connectivity index is 0.00000243. The molecule has 0 amide bonds. The molecule has 1 fully saturated rings. The summed E-state index contributed by atoms with van der Waals surface area (Å²) in [5.41, 5.74) is 2.31. The molecule has 0 radical (unpaired) electrons. The number of hydrogen-bond donors (Lipinski definition) is 0. The zero-order valence-corrected chi connectivity index (χ0v) is 17.9. The smallest absolute Gasteiger partial charge is 0.141 e. The topological polar surface area (TPSA) is 9.23 Å². The molecular formula is C22H23Br2NO. The molecule has 0 spiro atoms. The third-order valence-electron chi connectivity index (χ3n) is 4.51. The van der Waals surface area contributed by atoms with E-state index >= 15 is 0 Å². The zero-order valence-electron chi connectivity index (χ0n) is 14.7. The summed E-state index contributed by atoms with van der Waals surface area (Å²) in [6.45, 7) is 5.53. The van der Waals surface area contributed by atoms with Crippen LogP contribution in [0.2, 0.25) is 0 Å². The van der Waals surface area contributed by atoms with Gasteiger partial charge in [0.2, 0.25) is 0 Å². The molecule has 26 heavy (non-hydrogen) atoms. The van der Waals surface area contributed by atoms with Gasteiger partial charge in [-0.05, 0) is 41.8 Å². The van der Waals surface area contributed by atoms with Gasteiger partial charge in [-0.1, -0.05) is 58.3 Å². The second-order valence-electron chi connectivity index (χ2n) is 6.36. The second-order valence-corrected chi connectivity index (χ2v) is 7.28. The van der Waals surface area contributed by atoms with Gasteiger partial charge in [0.25, 0.3) is 0 Å². The van der Waals surface area contributed by atoms with Crippen molar-refractivity contribution in [1.29, 1.82) is 0 Å². The van der Waals surface area contributed by atoms with Gasteiger partial charge in [-0.3, -0.25) is 0 Å². The van der Waals surface area contributed by atoms with Crippen molar-refractivity contribution >= 4 is 22.0 Å². The molecule has 0 unspecified atom stereocenters. The van der Waals surface area contributed by atoms with E-state index in [1.807, 2.05) is 18.2 Å². The highest BCUT2D eigenvalue weighted by molar-refractivity contribution is 9.10. The van der Waals surface area contributed by atoms with E-state index in [-0.39, 0.29) is 17.0 Å². The van der Waals surface area contributed by atoms with E-state index in [0.29, 0.717) is 0 Å². The number of halogens is 2. The number of quaternary nitrogens is 1. The van der Waals surface area contributed by atoms with E-state index in [9.17, 15) is 0 Å². The van der Waals surface area contributed by atoms with Crippen LogP contribution in [-0.2, 0) is 4.74 Å². The van der Waals surface area contributed by atoms with Gasteiger partial charge in [0.1, 0.15) is 19.6 Å². The van der Waals surface area contributed by atoms with E-state index in [2.05, 4.69) is 76.3 Å². The van der Waals surface area contributed by atoms with Gasteiger partial charge in [0.05, 0.1) is 19.8 Å². The molecule has 0 bridgehead atoms. The Labute approximate surface area is 175 Å². The second kappa shape index (κ2) is 10.7. The fraction of sp³-hybridized carbons (Fsp3) is 0.273. The molecule has 0 saturated carbocycles. The van der Waals surface area contributed by atoms with Gasteiger partial charge >= 0.3 is 0 Å². The summed E-state index contributed by atoms with van der Waals surface area (Å²) in [6.07, 6.45) is 4.49. The molecule has 1 aliphatic rings. The third-order valence-corrected chi connectivity index (χ3v) is 5.04. The first-order chi connectivity index (χ1) is 12.3. The number of hydrogen-bond acceptors (Lipinski definition) is 1. The van der Waals surface area contributed by atoms with Crippen molar-refractivity contribution in [2.45, 2.75) is 0 Å². The molecule has 2 nitrogen and oxygen atoms in total. The van der Waals surface area contributed by atoms with Crippen molar-refractivity contribution in [1.82, 2.24) is 0 Å². The van der Waals surface area contributed by atoms with Crippen LogP contribution in [-0.4, -0.2) is 43.9 Å². The van der Waals surface area contributed by atoms with Gasteiger partial charge < -0.3 is 26.2 Å². The third kappa shape index (κ3) is 6.41. The van der Waals surface area contributed by atoms with Gasteiger partial charge in [0.15, 0.2) is 0 Å². The van der Waals surface area contributed by atoms with Crippen LogP contribution >= 0.6 is 15.9 Å². The molecular weight excluding hydrogens is 454 g/mol. The molecule has 1 saturated heterocycles. The maximum absolute atomic E-state index is 5.57. The number of nitrogens with zero attached hydrogens (tertiary/aromatic N) is 1. The monoisotopic (exact) mass is 475 g/mol. The average molecular weight is 477 g/mol. The van der Waals surface area contributed by atoms with Crippen LogP contribution in [0, 0.1) is 11.8 Å². The number of benzene rings is 2. The Kier molecular flexibility index (Phi) is 8.61. The first-order valence-electron chi connectivity index (χ1n) is 8.65. The zero-order chi connectivity index (χ0) is 17.4. The first kappa shape index (κ1) is 20.9. The highest BCUT2D eigenvalue weighted by atomic mass is 79.9. The summed E-state index contributed by atoms with van der Waals surface area (Å²) < 4.78 is 7.64. The largest absolute Gasteiger partial charge is 1.00 e. The molecule has 136 valence electrons. The van der Waals surface area contributed by atoms with Crippen LogP contribution in [0.5, 0.6) is 0 Å². The van der Waals surface area contributed by atoms with Crippen molar-refractivity contribution in [2.75, 3.05) is 39.4 Å². The van der Waals surface area contributed by atoms with Gasteiger partial charge in [0, 0.05) is 10.0 Å². The maximum atomic E-state index is 5.57. The lowest BCUT2D eigenvalue weighted by atomic mass is 10.2. The van der Waals surface area contributed by atoms with Crippen LogP contribution < -0.4 is 17.0 Å². The van der Waals surface area contributed by atoms with Crippen molar-refractivity contribution in [3.05, 3.63) is 76.3 Å². The van der Waals surface area contributed by atoms with E-state index in [4.69, 9.17) is 4.74 Å². The molecule has 3 rings (SSSR count). The fourth-order valence-corrected chi connectivity index (χ4v) is 3.22. The summed E-state index contributed by atoms with van der Waals surface area (Å²) in [5, 5.41) is 0. The summed E-state index contributed by atoms with van der Waals surface area (Å²) in [5.74, 6) is 6.70. The lowest BCUT2D eigenvalue weighted by Crippen LogP contribution is -3.00. The van der Waals surface area contributed by atoms with Crippen molar-refractivity contribution in [2.24, 2.45) is 0 Å². The van der Waals surface area contributed by atoms with Gasteiger partial charge in [-0.25, -0.2) is 0 Å².